The molecule has 9 heavy (non-hydrogen) atoms. The Morgan fingerprint density at radius 2 is 2.33 bits per heavy atom. The van der Waals surface area contributed by atoms with Crippen molar-refractivity contribution in [3.8, 4) is 0 Å². The molecule has 0 unspecified atom stereocenters. The monoisotopic (exact) mass is 130 g/mol. The third-order valence-electron chi connectivity index (χ3n) is 1.73. The Labute approximate surface area is 57.3 Å². The molecule has 0 atom stereocenters. The first-order valence-electron chi connectivity index (χ1n) is 3.51. The smallest absolute Gasteiger partial charge is 0.222 e. The van der Waals surface area contributed by atoms with Crippen LogP contribution in [0.25, 0.3) is 0 Å². The summed E-state index contributed by atoms with van der Waals surface area (Å²) >= 11 is 0. The van der Waals surface area contributed by atoms with Gasteiger partial charge in [0.05, 0.1) is 0 Å². The largest absolute Gasteiger partial charge is 0.340 e. The maximum Gasteiger partial charge on any atom is 0.222 e. The number of likely N-dealkylation sites (tertiary alicyclic amines) is 1. The van der Waals surface area contributed by atoms with Crippen molar-refractivity contribution >= 4 is 5.91 Å². The number of carbonyl (C=O) groups is 1. The van der Waals surface area contributed by atoms with Crippen LogP contribution >= 0.6 is 0 Å². The van der Waals surface area contributed by atoms with Gasteiger partial charge in [-0.3, -0.25) is 4.79 Å². The van der Waals surface area contributed by atoms with Crippen molar-refractivity contribution in [3.05, 3.63) is 0 Å². The van der Waals surface area contributed by atoms with Gasteiger partial charge in [-0.2, -0.15) is 0 Å². The second kappa shape index (κ2) is 2.38. The van der Waals surface area contributed by atoms with Crippen LogP contribution in [0, 0.1) is 0 Å². The maximum atomic E-state index is 10.9. The molecule has 0 spiro atoms. The Hall–Kier alpha value is -0.530. The minimum atomic E-state index is 0. The van der Waals surface area contributed by atoms with Gasteiger partial charge >= 0.3 is 0 Å². The summed E-state index contributed by atoms with van der Waals surface area (Å²) in [6, 6.07) is 0.403. The van der Waals surface area contributed by atoms with Gasteiger partial charge in [0, 0.05) is 20.4 Å². The quantitative estimate of drug-likeness (QED) is 0.523. The Morgan fingerprint density at radius 3 is 2.56 bits per heavy atom. The molecule has 1 aliphatic rings. The van der Waals surface area contributed by atoms with Gasteiger partial charge < -0.3 is 4.90 Å². The number of rotatable bonds is 1. The van der Waals surface area contributed by atoms with Gasteiger partial charge in [0.2, 0.25) is 5.91 Å². The average Bonchev–Trinajstić information content (AvgIpc) is 2.13. The summed E-state index contributed by atoms with van der Waals surface area (Å²) in [5, 5.41) is 0. The van der Waals surface area contributed by atoms with Gasteiger partial charge in [-0.15, -0.1) is 0 Å². The van der Waals surface area contributed by atoms with Crippen molar-refractivity contribution in [2.75, 3.05) is 6.54 Å². The minimum Gasteiger partial charge on any atom is -0.340 e. The van der Waals surface area contributed by atoms with Crippen LogP contribution in [0.3, 0.4) is 0 Å². The standard InChI is InChI=1S/C7H13NO.H2/c1-6(2)8-5-3-4-7(8)9;/h6H,3-5H2,1-2H3;1H/i;1+1. The third kappa shape index (κ3) is 1.23. The molecule has 1 saturated heterocycles. The lowest BCUT2D eigenvalue weighted by molar-refractivity contribution is -0.129. The van der Waals surface area contributed by atoms with Crippen molar-refractivity contribution < 1.29 is 6.22 Å². The van der Waals surface area contributed by atoms with Gasteiger partial charge in [-0.1, -0.05) is 0 Å². The molecule has 1 aliphatic heterocycles. The molecule has 2 nitrogen and oxygen atoms in total. The maximum absolute atomic E-state index is 10.9. The third-order valence-corrected chi connectivity index (χ3v) is 1.73. The number of amides is 1. The zero-order valence-electron chi connectivity index (χ0n) is 6.05. The highest BCUT2D eigenvalue weighted by molar-refractivity contribution is 5.78. The molecule has 1 fully saturated rings. The van der Waals surface area contributed by atoms with E-state index in [0.717, 1.165) is 19.4 Å². The fourth-order valence-corrected chi connectivity index (χ4v) is 1.22. The van der Waals surface area contributed by atoms with Crippen LogP contribution in [-0.2, 0) is 4.79 Å². The van der Waals surface area contributed by atoms with E-state index in [-0.39, 0.29) is 1.43 Å². The molecule has 1 heterocycles. The zero-order valence-corrected chi connectivity index (χ0v) is 6.05. The predicted octanol–water partition coefficient (Wildman–Crippen LogP) is 1.26. The van der Waals surface area contributed by atoms with Gasteiger partial charge in [0.15, 0.2) is 0 Å². The molecule has 54 valence electrons. The average molecular weight is 130 g/mol. The van der Waals surface area contributed by atoms with E-state index >= 15 is 0 Å². The molecule has 0 radical (unpaired) electrons. The summed E-state index contributed by atoms with van der Waals surface area (Å²) in [4.78, 5) is 12.9. The molecule has 0 aromatic rings. The Kier molecular flexibility index (Phi) is 1.74. The van der Waals surface area contributed by atoms with Crippen LogP contribution in [-0.4, -0.2) is 23.4 Å². The zero-order chi connectivity index (χ0) is 6.85. The van der Waals surface area contributed by atoms with Crippen LogP contribution in [0.2, 0.25) is 0 Å². The van der Waals surface area contributed by atoms with E-state index in [9.17, 15) is 4.79 Å². The molecular weight excluding hydrogens is 114 g/mol. The van der Waals surface area contributed by atoms with Crippen molar-refractivity contribution in [2.45, 2.75) is 32.7 Å². The lowest BCUT2D eigenvalue weighted by Gasteiger charge is -2.19. The second-order valence-electron chi connectivity index (χ2n) is 2.78. The number of hydrogen-bond acceptors (Lipinski definition) is 1. The summed E-state index contributed by atoms with van der Waals surface area (Å²) in [5.74, 6) is 0.324. The second-order valence-corrected chi connectivity index (χ2v) is 2.78. The first-order chi connectivity index (χ1) is 4.22. The molecular formula is C7H15NO. The van der Waals surface area contributed by atoms with E-state index in [2.05, 4.69) is 13.8 Å². The summed E-state index contributed by atoms with van der Waals surface area (Å²) in [7, 11) is 0. The summed E-state index contributed by atoms with van der Waals surface area (Å²) < 4.78 is 0. The fourth-order valence-electron chi connectivity index (χ4n) is 1.22. The van der Waals surface area contributed by atoms with E-state index in [1.807, 2.05) is 4.90 Å². The Balaban J connectivity index is 0.000000810. The number of carbonyl (C=O) groups excluding carboxylic acids is 1. The molecule has 0 aliphatic carbocycles. The van der Waals surface area contributed by atoms with Crippen molar-refractivity contribution in [1.29, 1.82) is 0 Å². The van der Waals surface area contributed by atoms with Crippen LogP contribution in [0.1, 0.15) is 28.1 Å². The Bertz CT molecular complexity index is 125. The van der Waals surface area contributed by atoms with Gasteiger partial charge in [0.1, 0.15) is 0 Å². The molecule has 0 aromatic carbocycles. The minimum absolute atomic E-state index is 0. The van der Waals surface area contributed by atoms with Gasteiger partial charge in [0.25, 0.3) is 0 Å². The van der Waals surface area contributed by atoms with E-state index < -0.39 is 0 Å². The normalized spacial score (nSPS) is 19.9. The first-order valence-corrected chi connectivity index (χ1v) is 3.51. The van der Waals surface area contributed by atoms with Crippen molar-refractivity contribution in [1.82, 2.24) is 4.90 Å². The molecule has 0 aromatic heterocycles. The van der Waals surface area contributed by atoms with E-state index in [4.69, 9.17) is 0 Å². The number of nitrogens with zero attached hydrogens (tertiary/aromatic N) is 1. The lowest BCUT2D eigenvalue weighted by atomic mass is 10.3. The molecule has 2 heteroatoms. The SMILES string of the molecule is CC(C)N1CCCC1=O.[2HH]. The molecule has 0 bridgehead atoms. The predicted molar refractivity (Wildman–Crippen MR) is 38.2 cm³/mol. The lowest BCUT2D eigenvalue weighted by Crippen LogP contribution is -2.31. The molecule has 1 amide bonds. The number of hydrogen-bond donors (Lipinski definition) is 0. The van der Waals surface area contributed by atoms with Crippen molar-refractivity contribution in [3.63, 3.8) is 0 Å². The van der Waals surface area contributed by atoms with Gasteiger partial charge in [-0.25, -0.2) is 0 Å². The van der Waals surface area contributed by atoms with Crippen LogP contribution < -0.4 is 0 Å². The van der Waals surface area contributed by atoms with E-state index in [0.29, 0.717) is 11.9 Å². The summed E-state index contributed by atoms with van der Waals surface area (Å²) in [5.41, 5.74) is 0. The highest BCUT2D eigenvalue weighted by atomic mass is 16.2. The topological polar surface area (TPSA) is 20.3 Å². The Morgan fingerprint density at radius 1 is 1.67 bits per heavy atom. The van der Waals surface area contributed by atoms with Gasteiger partial charge in [-0.05, 0) is 20.3 Å². The highest BCUT2D eigenvalue weighted by Gasteiger charge is 2.21. The van der Waals surface area contributed by atoms with Crippen LogP contribution in [0.5, 0.6) is 0 Å². The fraction of sp³-hybridized carbons (Fsp3) is 0.857. The first kappa shape index (κ1) is 6.59. The van der Waals surface area contributed by atoms with E-state index in [1.54, 1.807) is 0 Å². The summed E-state index contributed by atoms with van der Waals surface area (Å²) in [6.45, 7) is 5.09. The highest BCUT2D eigenvalue weighted by Crippen LogP contribution is 2.12. The van der Waals surface area contributed by atoms with Crippen molar-refractivity contribution in [2.24, 2.45) is 0 Å². The molecule has 0 N–H and O–H groups in total. The van der Waals surface area contributed by atoms with Crippen LogP contribution in [0.15, 0.2) is 0 Å². The van der Waals surface area contributed by atoms with Crippen LogP contribution in [0.4, 0.5) is 0 Å². The molecule has 1 rings (SSSR count). The van der Waals surface area contributed by atoms with E-state index in [1.165, 1.54) is 0 Å². The summed E-state index contributed by atoms with van der Waals surface area (Å²) in [6.07, 6.45) is 1.81. The molecule has 0 saturated carbocycles.